The van der Waals surface area contributed by atoms with E-state index in [-0.39, 0.29) is 6.04 Å². The number of hydrogen-bond acceptors (Lipinski definition) is 2. The molecule has 2 aromatic rings. The molecule has 102 valence electrons. The summed E-state index contributed by atoms with van der Waals surface area (Å²) in [7, 11) is 1.70. The first kappa shape index (κ1) is 14.1. The molecule has 0 aliphatic carbocycles. The van der Waals surface area contributed by atoms with Gasteiger partial charge in [0.05, 0.1) is 6.04 Å². The van der Waals surface area contributed by atoms with Crippen molar-refractivity contribution in [1.29, 1.82) is 0 Å². The van der Waals surface area contributed by atoms with Gasteiger partial charge in [-0.2, -0.15) is 0 Å². The maximum Gasteiger partial charge on any atom is 0.194 e. The van der Waals surface area contributed by atoms with Gasteiger partial charge in [-0.3, -0.25) is 0 Å². The first-order chi connectivity index (χ1) is 8.93. The van der Waals surface area contributed by atoms with E-state index < -0.39 is 17.5 Å². The summed E-state index contributed by atoms with van der Waals surface area (Å²) in [6, 6.07) is 3.69. The van der Waals surface area contributed by atoms with Crippen molar-refractivity contribution in [3.63, 3.8) is 0 Å². The highest BCUT2D eigenvalue weighted by Gasteiger charge is 2.20. The quantitative estimate of drug-likeness (QED) is 0.838. The number of halogens is 3. The molecule has 0 saturated heterocycles. The van der Waals surface area contributed by atoms with E-state index in [9.17, 15) is 13.2 Å². The number of aryl methyl sites for hydroxylation is 2. The summed E-state index contributed by atoms with van der Waals surface area (Å²) in [5.41, 5.74) is 1.33. The number of rotatable bonds is 3. The van der Waals surface area contributed by atoms with Crippen molar-refractivity contribution < 1.29 is 13.2 Å². The summed E-state index contributed by atoms with van der Waals surface area (Å²) in [5.74, 6) is -3.77. The van der Waals surface area contributed by atoms with Crippen LogP contribution in [0.2, 0.25) is 0 Å². The molecule has 1 N–H and O–H groups in total. The van der Waals surface area contributed by atoms with E-state index in [0.717, 1.165) is 27.5 Å². The lowest BCUT2D eigenvalue weighted by molar-refractivity contribution is 0.443. The van der Waals surface area contributed by atoms with E-state index in [1.54, 1.807) is 18.4 Å². The third-order valence-corrected chi connectivity index (χ3v) is 4.00. The molecular weight excluding hydrogens is 271 g/mol. The van der Waals surface area contributed by atoms with Crippen molar-refractivity contribution in [2.75, 3.05) is 7.05 Å². The Labute approximate surface area is 114 Å². The molecule has 1 aromatic heterocycles. The lowest BCUT2D eigenvalue weighted by atomic mass is 9.99. The SMILES string of the molecule is CNC(c1cc(F)c(F)c(F)c1)c1cc(C)sc1C. The minimum absolute atomic E-state index is 0.352. The number of thiophene rings is 1. The maximum absolute atomic E-state index is 13.3. The van der Waals surface area contributed by atoms with Gasteiger partial charge in [0, 0.05) is 9.75 Å². The fourth-order valence-electron chi connectivity index (χ4n) is 2.18. The van der Waals surface area contributed by atoms with Crippen LogP contribution in [0.5, 0.6) is 0 Å². The summed E-state index contributed by atoms with van der Waals surface area (Å²) in [4.78, 5) is 2.19. The second-order valence-corrected chi connectivity index (χ2v) is 5.85. The third kappa shape index (κ3) is 2.67. The zero-order valence-electron chi connectivity index (χ0n) is 10.9. The predicted molar refractivity (Wildman–Crippen MR) is 71.0 cm³/mol. The first-order valence-corrected chi connectivity index (χ1v) is 6.64. The van der Waals surface area contributed by atoms with Gasteiger partial charge in [0.2, 0.25) is 0 Å². The number of benzene rings is 1. The molecular formula is C14H14F3NS. The highest BCUT2D eigenvalue weighted by molar-refractivity contribution is 7.12. The second kappa shape index (κ2) is 5.35. The second-order valence-electron chi connectivity index (χ2n) is 4.39. The van der Waals surface area contributed by atoms with Gasteiger partial charge in [0.1, 0.15) is 0 Å². The molecule has 0 radical (unpaired) electrons. The summed E-state index contributed by atoms with van der Waals surface area (Å²) in [6.45, 7) is 3.92. The van der Waals surface area contributed by atoms with Gasteiger partial charge in [-0.25, -0.2) is 13.2 Å². The van der Waals surface area contributed by atoms with Gasteiger partial charge < -0.3 is 5.32 Å². The molecule has 1 unspecified atom stereocenters. The lowest BCUT2D eigenvalue weighted by Crippen LogP contribution is -2.18. The van der Waals surface area contributed by atoms with E-state index in [4.69, 9.17) is 0 Å². The van der Waals surface area contributed by atoms with E-state index in [1.807, 2.05) is 19.9 Å². The Morgan fingerprint density at radius 3 is 2.05 bits per heavy atom. The Kier molecular flexibility index (Phi) is 3.96. The van der Waals surface area contributed by atoms with Crippen molar-refractivity contribution in [2.24, 2.45) is 0 Å². The van der Waals surface area contributed by atoms with Crippen LogP contribution in [0, 0.1) is 31.3 Å². The fraction of sp³-hybridized carbons (Fsp3) is 0.286. The van der Waals surface area contributed by atoms with Crippen molar-refractivity contribution in [2.45, 2.75) is 19.9 Å². The predicted octanol–water partition coefficient (Wildman–Crippen LogP) is 4.09. The van der Waals surface area contributed by atoms with Crippen LogP contribution < -0.4 is 5.32 Å². The molecule has 1 aromatic carbocycles. The van der Waals surface area contributed by atoms with Crippen LogP contribution >= 0.6 is 11.3 Å². The Bertz CT molecular complexity index is 584. The van der Waals surface area contributed by atoms with Crippen LogP contribution in [0.1, 0.15) is 26.9 Å². The molecule has 19 heavy (non-hydrogen) atoms. The van der Waals surface area contributed by atoms with E-state index >= 15 is 0 Å². The van der Waals surface area contributed by atoms with Gasteiger partial charge in [0.15, 0.2) is 17.5 Å². The number of hydrogen-bond donors (Lipinski definition) is 1. The molecule has 1 nitrogen and oxygen atoms in total. The van der Waals surface area contributed by atoms with Crippen LogP contribution in [0.15, 0.2) is 18.2 Å². The molecule has 0 aliphatic heterocycles. The van der Waals surface area contributed by atoms with Gasteiger partial charge in [0.25, 0.3) is 0 Å². The molecule has 5 heteroatoms. The van der Waals surface area contributed by atoms with Crippen LogP contribution in [0.3, 0.4) is 0 Å². The Morgan fingerprint density at radius 2 is 1.63 bits per heavy atom. The van der Waals surface area contributed by atoms with Gasteiger partial charge in [-0.05, 0) is 50.2 Å². The highest BCUT2D eigenvalue weighted by Crippen LogP contribution is 2.31. The van der Waals surface area contributed by atoms with Crippen LogP contribution in [-0.4, -0.2) is 7.05 Å². The summed E-state index contributed by atoms with van der Waals surface area (Å²) in [6.07, 6.45) is 0. The Hall–Kier alpha value is -1.33. The smallest absolute Gasteiger partial charge is 0.194 e. The molecule has 2 rings (SSSR count). The molecule has 0 fully saturated rings. The molecule has 0 amide bonds. The molecule has 1 atom stereocenters. The molecule has 0 bridgehead atoms. The normalized spacial score (nSPS) is 12.7. The minimum atomic E-state index is -1.43. The summed E-state index contributed by atoms with van der Waals surface area (Å²) in [5, 5.41) is 3.01. The molecule has 1 heterocycles. The van der Waals surface area contributed by atoms with Crippen molar-refractivity contribution >= 4 is 11.3 Å². The monoisotopic (exact) mass is 285 g/mol. The first-order valence-electron chi connectivity index (χ1n) is 5.82. The fourth-order valence-corrected chi connectivity index (χ4v) is 3.14. The van der Waals surface area contributed by atoms with Gasteiger partial charge in [-0.1, -0.05) is 0 Å². The van der Waals surface area contributed by atoms with Crippen molar-refractivity contribution in [3.8, 4) is 0 Å². The van der Waals surface area contributed by atoms with Gasteiger partial charge >= 0.3 is 0 Å². The Morgan fingerprint density at radius 1 is 1.05 bits per heavy atom. The van der Waals surface area contributed by atoms with E-state index in [1.165, 1.54) is 0 Å². The highest BCUT2D eigenvalue weighted by atomic mass is 32.1. The maximum atomic E-state index is 13.3. The van der Waals surface area contributed by atoms with Gasteiger partial charge in [-0.15, -0.1) is 11.3 Å². The number of nitrogens with one attached hydrogen (secondary N) is 1. The van der Waals surface area contributed by atoms with Crippen LogP contribution in [0.4, 0.5) is 13.2 Å². The van der Waals surface area contributed by atoms with E-state index in [0.29, 0.717) is 5.56 Å². The minimum Gasteiger partial charge on any atom is -0.309 e. The van der Waals surface area contributed by atoms with Crippen molar-refractivity contribution in [1.82, 2.24) is 5.32 Å². The molecule has 0 aliphatic rings. The molecule has 0 spiro atoms. The van der Waals surface area contributed by atoms with Crippen LogP contribution in [-0.2, 0) is 0 Å². The topological polar surface area (TPSA) is 12.0 Å². The third-order valence-electron chi connectivity index (χ3n) is 3.02. The zero-order valence-corrected chi connectivity index (χ0v) is 11.7. The summed E-state index contributed by atoms with van der Waals surface area (Å²) < 4.78 is 39.6. The largest absolute Gasteiger partial charge is 0.309 e. The lowest BCUT2D eigenvalue weighted by Gasteiger charge is -2.17. The standard InChI is InChI=1S/C14H14F3NS/c1-7-4-10(8(2)19-7)14(18-3)9-5-11(15)13(17)12(16)6-9/h4-6,14,18H,1-3H3. The average Bonchev–Trinajstić information content (AvgIpc) is 2.66. The molecule has 0 saturated carbocycles. The summed E-state index contributed by atoms with van der Waals surface area (Å²) >= 11 is 1.62. The average molecular weight is 285 g/mol. The van der Waals surface area contributed by atoms with Crippen LogP contribution in [0.25, 0.3) is 0 Å². The zero-order chi connectivity index (χ0) is 14.2. The Balaban J connectivity index is 2.51. The van der Waals surface area contributed by atoms with Crippen molar-refractivity contribution in [3.05, 3.63) is 56.5 Å². The van der Waals surface area contributed by atoms with E-state index in [2.05, 4.69) is 5.32 Å².